The van der Waals surface area contributed by atoms with Crippen molar-refractivity contribution in [2.75, 3.05) is 19.5 Å². The van der Waals surface area contributed by atoms with Gasteiger partial charge in [-0.05, 0) is 19.1 Å². The molecule has 2 unspecified atom stereocenters. The van der Waals surface area contributed by atoms with Crippen molar-refractivity contribution in [2.24, 2.45) is 0 Å². The minimum Gasteiger partial charge on any atom is -0.480 e. The fourth-order valence-electron chi connectivity index (χ4n) is 3.08. The summed E-state index contributed by atoms with van der Waals surface area (Å²) in [5.41, 5.74) is -1.19. The number of hydrogen-bond acceptors (Lipinski definition) is 4. The third kappa shape index (κ3) is 4.03. The molecule has 0 radical (unpaired) electrons. The number of hydrogen-bond donors (Lipinski definition) is 3. The van der Waals surface area contributed by atoms with Crippen molar-refractivity contribution in [3.8, 4) is 0 Å². The number of carbonyl (C=O) groups excluding carboxylic acids is 1. The van der Waals surface area contributed by atoms with Crippen molar-refractivity contribution in [3.05, 3.63) is 0 Å². The van der Waals surface area contributed by atoms with Crippen molar-refractivity contribution in [1.29, 1.82) is 0 Å². The quantitative estimate of drug-likeness (QED) is 0.733. The summed E-state index contributed by atoms with van der Waals surface area (Å²) >= 11 is 1.77. The molecule has 120 valence electrons. The van der Waals surface area contributed by atoms with E-state index in [1.165, 1.54) is 6.42 Å². The maximum absolute atomic E-state index is 12.2. The number of aliphatic carboxylic acids is 1. The molecule has 2 rings (SSSR count). The van der Waals surface area contributed by atoms with E-state index in [2.05, 4.69) is 16.9 Å². The van der Waals surface area contributed by atoms with Gasteiger partial charge in [0.25, 0.3) is 0 Å². The van der Waals surface area contributed by atoms with E-state index < -0.39 is 11.5 Å². The fraction of sp³-hybridized carbons (Fsp3) is 0.857. The van der Waals surface area contributed by atoms with E-state index in [1.807, 2.05) is 0 Å². The summed E-state index contributed by atoms with van der Waals surface area (Å²) < 4.78 is 5.20. The van der Waals surface area contributed by atoms with Crippen LogP contribution in [0.5, 0.6) is 0 Å². The lowest BCUT2D eigenvalue weighted by Gasteiger charge is -2.36. The largest absolute Gasteiger partial charge is 0.480 e. The summed E-state index contributed by atoms with van der Waals surface area (Å²) in [5, 5.41) is 15.5. The van der Waals surface area contributed by atoms with Crippen LogP contribution in [0, 0.1) is 0 Å². The molecule has 0 aromatic heterocycles. The van der Waals surface area contributed by atoms with Gasteiger partial charge in [0, 0.05) is 37.3 Å². The molecule has 1 saturated carbocycles. The molecule has 3 N–H and O–H groups in total. The molecule has 0 aromatic rings. The summed E-state index contributed by atoms with van der Waals surface area (Å²) in [4.78, 5) is 23.7. The SMILES string of the molecule is CSC1CCCCC1NC(=O)NC1(C(=O)O)CCOCC1. The normalized spacial score (nSPS) is 28.6. The van der Waals surface area contributed by atoms with Gasteiger partial charge in [-0.2, -0.15) is 11.8 Å². The third-order valence-corrected chi connectivity index (χ3v) is 5.60. The smallest absolute Gasteiger partial charge is 0.329 e. The van der Waals surface area contributed by atoms with Crippen LogP contribution in [0.3, 0.4) is 0 Å². The molecule has 0 bridgehead atoms. The van der Waals surface area contributed by atoms with Gasteiger partial charge in [-0.1, -0.05) is 12.8 Å². The number of carboxylic acid groups (broad SMARTS) is 1. The molecule has 1 aliphatic heterocycles. The maximum atomic E-state index is 12.2. The number of carboxylic acids is 1. The minimum absolute atomic E-state index is 0.124. The van der Waals surface area contributed by atoms with Gasteiger partial charge in [-0.25, -0.2) is 9.59 Å². The molecule has 2 aliphatic rings. The van der Waals surface area contributed by atoms with Gasteiger partial charge < -0.3 is 20.5 Å². The van der Waals surface area contributed by atoms with E-state index in [9.17, 15) is 14.7 Å². The standard InChI is InChI=1S/C14H24N2O4S/c1-21-11-5-3-2-4-10(11)15-13(19)16-14(12(17)18)6-8-20-9-7-14/h10-11H,2-9H2,1H3,(H,17,18)(H2,15,16,19). The Morgan fingerprint density at radius 3 is 2.52 bits per heavy atom. The van der Waals surface area contributed by atoms with E-state index in [-0.39, 0.29) is 12.1 Å². The second-order valence-electron chi connectivity index (χ2n) is 5.76. The van der Waals surface area contributed by atoms with Crippen molar-refractivity contribution < 1.29 is 19.4 Å². The average molecular weight is 316 g/mol. The summed E-state index contributed by atoms with van der Waals surface area (Å²) in [6.45, 7) is 0.729. The highest BCUT2D eigenvalue weighted by molar-refractivity contribution is 7.99. The molecule has 2 amide bonds. The first-order valence-corrected chi connectivity index (χ1v) is 8.79. The monoisotopic (exact) mass is 316 g/mol. The zero-order chi connectivity index (χ0) is 15.3. The van der Waals surface area contributed by atoms with Gasteiger partial charge in [0.2, 0.25) is 0 Å². The van der Waals surface area contributed by atoms with Crippen molar-refractivity contribution in [1.82, 2.24) is 10.6 Å². The predicted molar refractivity (Wildman–Crippen MR) is 81.6 cm³/mol. The molecule has 2 atom stereocenters. The molecule has 21 heavy (non-hydrogen) atoms. The molecule has 1 heterocycles. The first-order chi connectivity index (χ1) is 10.1. The highest BCUT2D eigenvalue weighted by Crippen LogP contribution is 2.27. The fourth-order valence-corrected chi connectivity index (χ4v) is 4.01. The highest BCUT2D eigenvalue weighted by atomic mass is 32.2. The predicted octanol–water partition coefficient (Wildman–Crippen LogP) is 1.59. The minimum atomic E-state index is -1.19. The highest BCUT2D eigenvalue weighted by Gasteiger charge is 2.42. The number of rotatable bonds is 4. The topological polar surface area (TPSA) is 87.7 Å². The second-order valence-corrected chi connectivity index (χ2v) is 6.84. The Labute approximate surface area is 129 Å². The molecule has 0 aromatic carbocycles. The summed E-state index contributed by atoms with van der Waals surface area (Å²) in [7, 11) is 0. The first-order valence-electron chi connectivity index (χ1n) is 7.50. The Balaban J connectivity index is 1.94. The Bertz CT molecular complexity index is 385. The van der Waals surface area contributed by atoms with Crippen molar-refractivity contribution >= 4 is 23.8 Å². The zero-order valence-corrected chi connectivity index (χ0v) is 13.2. The maximum Gasteiger partial charge on any atom is 0.329 e. The molecular formula is C14H24N2O4S. The average Bonchev–Trinajstić information content (AvgIpc) is 2.48. The van der Waals surface area contributed by atoms with E-state index in [0.29, 0.717) is 31.3 Å². The Hall–Kier alpha value is -0.950. The van der Waals surface area contributed by atoms with Gasteiger partial charge in [0.1, 0.15) is 5.54 Å². The van der Waals surface area contributed by atoms with Crippen LogP contribution < -0.4 is 10.6 Å². The number of amides is 2. The van der Waals surface area contributed by atoms with Crippen molar-refractivity contribution in [3.63, 3.8) is 0 Å². The van der Waals surface area contributed by atoms with E-state index in [1.54, 1.807) is 11.8 Å². The van der Waals surface area contributed by atoms with Crippen LogP contribution in [0.4, 0.5) is 4.79 Å². The molecular weight excluding hydrogens is 292 g/mol. The van der Waals surface area contributed by atoms with Crippen LogP contribution >= 0.6 is 11.8 Å². The Morgan fingerprint density at radius 2 is 1.90 bits per heavy atom. The third-order valence-electron chi connectivity index (χ3n) is 4.43. The van der Waals surface area contributed by atoms with E-state index in [0.717, 1.165) is 19.3 Å². The Kier molecular flexibility index (Phi) is 5.75. The number of carbonyl (C=O) groups is 2. The molecule has 1 aliphatic carbocycles. The van der Waals surface area contributed by atoms with Crippen LogP contribution in [-0.4, -0.2) is 53.4 Å². The summed E-state index contributed by atoms with van der Waals surface area (Å²) in [6, 6.07) is -0.246. The van der Waals surface area contributed by atoms with Gasteiger partial charge in [-0.15, -0.1) is 0 Å². The van der Waals surface area contributed by atoms with Gasteiger partial charge in [0.05, 0.1) is 0 Å². The number of urea groups is 1. The summed E-state index contributed by atoms with van der Waals surface area (Å²) in [6.07, 6.45) is 7.05. The molecule has 1 saturated heterocycles. The van der Waals surface area contributed by atoms with Crippen LogP contribution in [0.1, 0.15) is 38.5 Å². The molecule has 2 fully saturated rings. The molecule has 0 spiro atoms. The zero-order valence-electron chi connectivity index (χ0n) is 12.4. The lowest BCUT2D eigenvalue weighted by atomic mass is 9.90. The lowest BCUT2D eigenvalue weighted by molar-refractivity contribution is -0.148. The van der Waals surface area contributed by atoms with Crippen LogP contribution in [0.15, 0.2) is 0 Å². The molecule has 7 heteroatoms. The molecule has 6 nitrogen and oxygen atoms in total. The van der Waals surface area contributed by atoms with Gasteiger partial charge in [0.15, 0.2) is 0 Å². The number of nitrogens with one attached hydrogen (secondary N) is 2. The van der Waals surface area contributed by atoms with E-state index in [4.69, 9.17) is 4.74 Å². The van der Waals surface area contributed by atoms with Crippen LogP contribution in [0.25, 0.3) is 0 Å². The van der Waals surface area contributed by atoms with E-state index >= 15 is 0 Å². The second kappa shape index (κ2) is 7.35. The number of ether oxygens (including phenoxy) is 1. The van der Waals surface area contributed by atoms with Crippen LogP contribution in [-0.2, 0) is 9.53 Å². The summed E-state index contributed by atoms with van der Waals surface area (Å²) in [5.74, 6) is -0.981. The Morgan fingerprint density at radius 1 is 1.24 bits per heavy atom. The van der Waals surface area contributed by atoms with Crippen molar-refractivity contribution in [2.45, 2.75) is 55.4 Å². The van der Waals surface area contributed by atoms with Gasteiger partial charge in [-0.3, -0.25) is 0 Å². The lowest BCUT2D eigenvalue weighted by Crippen LogP contribution is -2.61. The number of thioether (sulfide) groups is 1. The van der Waals surface area contributed by atoms with Gasteiger partial charge >= 0.3 is 12.0 Å². The van der Waals surface area contributed by atoms with Crippen LogP contribution in [0.2, 0.25) is 0 Å². The first kappa shape index (κ1) is 16.4.